The number of hydrogen-bond donors (Lipinski definition) is 1. The minimum Gasteiger partial charge on any atom is -0.465 e. The van der Waals surface area contributed by atoms with Crippen molar-refractivity contribution in [3.8, 4) is 0 Å². The van der Waals surface area contributed by atoms with Crippen LogP contribution >= 0.6 is 11.3 Å². The van der Waals surface area contributed by atoms with E-state index < -0.39 is 23.8 Å². The van der Waals surface area contributed by atoms with E-state index in [1.165, 1.54) is 29.5 Å². The molecule has 5 rings (SSSR count). The Morgan fingerprint density at radius 3 is 2.61 bits per heavy atom. The van der Waals surface area contributed by atoms with Gasteiger partial charge in [0.25, 0.3) is 0 Å². The molecule has 7 nitrogen and oxygen atoms in total. The minimum atomic E-state index is -0.854. The highest BCUT2D eigenvalue weighted by Gasteiger charge is 2.53. The van der Waals surface area contributed by atoms with Gasteiger partial charge < -0.3 is 19.7 Å². The molecule has 0 spiro atoms. The van der Waals surface area contributed by atoms with Gasteiger partial charge in [-0.25, -0.2) is 18.6 Å². The summed E-state index contributed by atoms with van der Waals surface area (Å²) < 4.78 is 28.2. The fraction of sp³-hybridized carbons (Fsp3) is 0.522. The van der Waals surface area contributed by atoms with Crippen LogP contribution in [-0.4, -0.2) is 52.5 Å². The highest BCUT2D eigenvalue weighted by atomic mass is 32.1. The van der Waals surface area contributed by atoms with Gasteiger partial charge in [0.2, 0.25) is 0 Å². The Labute approximate surface area is 194 Å². The normalized spacial score (nSPS) is 27.0. The second-order valence-electron chi connectivity index (χ2n) is 10.1. The summed E-state index contributed by atoms with van der Waals surface area (Å²) in [5, 5.41) is 16.5. The van der Waals surface area contributed by atoms with Crippen molar-refractivity contribution < 1.29 is 23.5 Å². The zero-order valence-corrected chi connectivity index (χ0v) is 19.5. The third-order valence-electron chi connectivity index (χ3n) is 6.85. The summed E-state index contributed by atoms with van der Waals surface area (Å²) in [7, 11) is 0. The van der Waals surface area contributed by atoms with Crippen LogP contribution in [0.25, 0.3) is 0 Å². The summed E-state index contributed by atoms with van der Waals surface area (Å²) in [6, 6.07) is 3.69. The number of anilines is 1. The van der Waals surface area contributed by atoms with Gasteiger partial charge in [-0.05, 0) is 17.5 Å². The van der Waals surface area contributed by atoms with Crippen molar-refractivity contribution in [3.63, 3.8) is 0 Å². The molecule has 33 heavy (non-hydrogen) atoms. The summed E-state index contributed by atoms with van der Waals surface area (Å²) in [5.41, 5.74) is 0.935. The van der Waals surface area contributed by atoms with Crippen LogP contribution in [-0.2, 0) is 4.84 Å². The van der Waals surface area contributed by atoms with Gasteiger partial charge in [-0.2, -0.15) is 0 Å². The highest BCUT2D eigenvalue weighted by Crippen LogP contribution is 2.45. The minimum absolute atomic E-state index is 0.0477. The Bertz CT molecular complexity index is 1100. The number of aromatic nitrogens is 1. The number of hydrogen-bond acceptors (Lipinski definition) is 6. The average Bonchev–Trinajstić information content (AvgIpc) is 3.48. The van der Waals surface area contributed by atoms with E-state index in [-0.39, 0.29) is 35.3 Å². The summed E-state index contributed by atoms with van der Waals surface area (Å²) in [4.78, 5) is 25.7. The van der Waals surface area contributed by atoms with Gasteiger partial charge in [-0.1, -0.05) is 32.0 Å². The smallest absolute Gasteiger partial charge is 0.407 e. The molecule has 3 aliphatic rings. The van der Waals surface area contributed by atoms with E-state index in [1.807, 2.05) is 5.38 Å². The third-order valence-corrected chi connectivity index (χ3v) is 7.75. The molecular formula is C23H26F2N4O3S. The number of amides is 1. The molecule has 10 heteroatoms. The molecule has 0 aliphatic carbocycles. The van der Waals surface area contributed by atoms with Gasteiger partial charge in [0.15, 0.2) is 11.2 Å². The van der Waals surface area contributed by atoms with Gasteiger partial charge in [0.1, 0.15) is 23.0 Å². The Kier molecular flexibility index (Phi) is 5.30. The number of thiazole rings is 1. The van der Waals surface area contributed by atoms with Crippen LogP contribution in [0.2, 0.25) is 0 Å². The molecule has 2 saturated heterocycles. The number of carbonyl (C=O) groups is 1. The lowest BCUT2D eigenvalue weighted by Gasteiger charge is -2.37. The van der Waals surface area contributed by atoms with E-state index in [9.17, 15) is 18.7 Å². The molecule has 0 bridgehead atoms. The molecule has 4 atom stereocenters. The van der Waals surface area contributed by atoms with Gasteiger partial charge in [0.05, 0.1) is 5.56 Å². The fourth-order valence-corrected chi connectivity index (χ4v) is 6.41. The Balaban J connectivity index is 1.29. The maximum absolute atomic E-state index is 14.1. The number of nitrogens with zero attached hydrogens (tertiary/aromatic N) is 4. The predicted octanol–water partition coefficient (Wildman–Crippen LogP) is 4.75. The Morgan fingerprint density at radius 1 is 1.21 bits per heavy atom. The second-order valence-corrected chi connectivity index (χ2v) is 10.9. The van der Waals surface area contributed by atoms with Gasteiger partial charge in [-0.3, -0.25) is 0 Å². The van der Waals surface area contributed by atoms with Crippen molar-refractivity contribution >= 4 is 28.3 Å². The number of oxime groups is 1. The number of rotatable bonds is 3. The summed E-state index contributed by atoms with van der Waals surface area (Å²) in [5.74, 6) is -0.794. The molecule has 1 aromatic heterocycles. The monoisotopic (exact) mass is 476 g/mol. The molecule has 4 unspecified atom stereocenters. The van der Waals surface area contributed by atoms with E-state index in [1.54, 1.807) is 4.90 Å². The standard InChI is InChI=1S/C23H26F2N4O3S/c1-23(2,3)20-13-10-28(8-12(13)9-29(20)22(30)31)21-26-17(11-33-21)16-7-18(32-27-16)19-14(24)5-4-6-15(19)25/h4-6,11-13,18,20H,7-10H2,1-3H3,(H,30,31). The van der Waals surface area contributed by atoms with E-state index in [0.29, 0.717) is 18.0 Å². The van der Waals surface area contributed by atoms with Crippen LogP contribution in [0.4, 0.5) is 18.7 Å². The maximum Gasteiger partial charge on any atom is 0.407 e. The first-order valence-electron chi connectivity index (χ1n) is 11.0. The zero-order valence-electron chi connectivity index (χ0n) is 18.7. The second kappa shape index (κ2) is 7.93. The molecule has 1 aromatic carbocycles. The van der Waals surface area contributed by atoms with Crippen molar-refractivity contribution in [3.05, 3.63) is 46.5 Å². The van der Waals surface area contributed by atoms with Gasteiger partial charge in [-0.15, -0.1) is 11.3 Å². The van der Waals surface area contributed by atoms with E-state index in [2.05, 4.69) is 30.8 Å². The molecule has 176 valence electrons. The van der Waals surface area contributed by atoms with Crippen molar-refractivity contribution in [1.29, 1.82) is 0 Å². The predicted molar refractivity (Wildman–Crippen MR) is 121 cm³/mol. The lowest BCUT2D eigenvalue weighted by Crippen LogP contribution is -2.47. The van der Waals surface area contributed by atoms with Gasteiger partial charge >= 0.3 is 6.09 Å². The lowest BCUT2D eigenvalue weighted by atomic mass is 9.78. The molecule has 2 fully saturated rings. The van der Waals surface area contributed by atoms with Crippen molar-refractivity contribution in [2.24, 2.45) is 22.4 Å². The molecule has 0 radical (unpaired) electrons. The average molecular weight is 477 g/mol. The van der Waals surface area contributed by atoms with Crippen LogP contribution in [0.1, 0.15) is 44.6 Å². The van der Waals surface area contributed by atoms with E-state index in [4.69, 9.17) is 9.82 Å². The van der Waals surface area contributed by atoms with Crippen molar-refractivity contribution in [1.82, 2.24) is 9.88 Å². The molecular weight excluding hydrogens is 450 g/mol. The van der Waals surface area contributed by atoms with Crippen LogP contribution < -0.4 is 4.90 Å². The maximum atomic E-state index is 14.1. The number of likely N-dealkylation sites (tertiary alicyclic amines) is 1. The van der Waals surface area contributed by atoms with Gasteiger partial charge in [0, 0.05) is 49.3 Å². The first-order valence-corrected chi connectivity index (χ1v) is 11.9. The van der Waals surface area contributed by atoms with Crippen molar-refractivity contribution in [2.45, 2.75) is 39.3 Å². The summed E-state index contributed by atoms with van der Waals surface area (Å²) >= 11 is 1.49. The van der Waals surface area contributed by atoms with Crippen LogP contribution in [0.15, 0.2) is 28.7 Å². The van der Waals surface area contributed by atoms with Crippen LogP contribution in [0, 0.1) is 28.9 Å². The largest absolute Gasteiger partial charge is 0.465 e. The quantitative estimate of drug-likeness (QED) is 0.692. The molecule has 1 N–H and O–H groups in total. The lowest BCUT2D eigenvalue weighted by molar-refractivity contribution is 0.0800. The van der Waals surface area contributed by atoms with E-state index in [0.717, 1.165) is 18.2 Å². The molecule has 1 amide bonds. The van der Waals surface area contributed by atoms with E-state index >= 15 is 0 Å². The Morgan fingerprint density at radius 2 is 1.94 bits per heavy atom. The van der Waals surface area contributed by atoms with Crippen LogP contribution in [0.5, 0.6) is 0 Å². The first-order chi connectivity index (χ1) is 15.6. The zero-order chi connectivity index (χ0) is 23.5. The first kappa shape index (κ1) is 22.1. The third kappa shape index (κ3) is 3.84. The number of halogens is 2. The summed E-state index contributed by atoms with van der Waals surface area (Å²) in [6.45, 7) is 8.30. The molecule has 4 heterocycles. The topological polar surface area (TPSA) is 78.3 Å². The number of fused-ring (bicyclic) bond motifs is 1. The fourth-order valence-electron chi connectivity index (χ4n) is 5.55. The van der Waals surface area contributed by atoms with Crippen LogP contribution in [0.3, 0.4) is 0 Å². The Hall–Kier alpha value is -2.75. The SMILES string of the molecule is CC(C)(C)C1C2CN(c3nc(C4=NOC(c5c(F)cccc5F)C4)cs3)CC2CN1C(=O)O. The highest BCUT2D eigenvalue weighted by molar-refractivity contribution is 7.14. The molecule has 0 saturated carbocycles. The molecule has 2 aromatic rings. The van der Waals surface area contributed by atoms with Crippen molar-refractivity contribution in [2.75, 3.05) is 24.5 Å². The number of benzene rings is 1. The number of carboxylic acid groups (broad SMARTS) is 1. The molecule has 3 aliphatic heterocycles. The summed E-state index contributed by atoms with van der Waals surface area (Å²) in [6.07, 6.45) is -1.43.